The highest BCUT2D eigenvalue weighted by Gasteiger charge is 2.27. The van der Waals surface area contributed by atoms with Crippen LogP contribution < -0.4 is 20.3 Å². The van der Waals surface area contributed by atoms with Gasteiger partial charge in [0.2, 0.25) is 6.10 Å². The molecule has 2 amide bonds. The molecular formula is C16H12Cl2N2O4. The second kappa shape index (κ2) is 6.98. The third kappa shape index (κ3) is 3.39. The number of halogens is 2. The van der Waals surface area contributed by atoms with Crippen molar-refractivity contribution in [2.24, 2.45) is 0 Å². The van der Waals surface area contributed by atoms with Crippen LogP contribution in [0, 0.1) is 0 Å². The molecule has 24 heavy (non-hydrogen) atoms. The number of carbonyl (C=O) groups excluding carboxylic acids is 2. The van der Waals surface area contributed by atoms with E-state index in [1.165, 1.54) is 6.07 Å². The average Bonchev–Trinajstić information content (AvgIpc) is 2.61. The summed E-state index contributed by atoms with van der Waals surface area (Å²) in [5.41, 5.74) is 4.70. The Kier molecular flexibility index (Phi) is 4.78. The summed E-state index contributed by atoms with van der Waals surface area (Å²) in [5.74, 6) is -0.103. The molecule has 1 aliphatic heterocycles. The van der Waals surface area contributed by atoms with E-state index in [-0.39, 0.29) is 22.2 Å². The van der Waals surface area contributed by atoms with Crippen LogP contribution in [0.25, 0.3) is 0 Å². The Morgan fingerprint density at radius 3 is 2.54 bits per heavy atom. The zero-order valence-corrected chi connectivity index (χ0v) is 13.7. The molecule has 0 fully saturated rings. The lowest BCUT2D eigenvalue weighted by Crippen LogP contribution is -2.50. The van der Waals surface area contributed by atoms with Gasteiger partial charge in [0.15, 0.2) is 11.5 Å². The van der Waals surface area contributed by atoms with Crippen molar-refractivity contribution in [1.82, 2.24) is 10.9 Å². The van der Waals surface area contributed by atoms with Crippen LogP contribution in [0.5, 0.6) is 11.5 Å². The Morgan fingerprint density at radius 2 is 1.75 bits per heavy atom. The zero-order chi connectivity index (χ0) is 17.1. The maximum atomic E-state index is 12.1. The van der Waals surface area contributed by atoms with Gasteiger partial charge in [0.1, 0.15) is 6.61 Å². The van der Waals surface area contributed by atoms with Crippen molar-refractivity contribution < 1.29 is 19.1 Å². The fourth-order valence-corrected chi connectivity index (χ4v) is 2.48. The van der Waals surface area contributed by atoms with E-state index in [4.69, 9.17) is 32.7 Å². The summed E-state index contributed by atoms with van der Waals surface area (Å²) in [7, 11) is 0. The first kappa shape index (κ1) is 16.4. The summed E-state index contributed by atoms with van der Waals surface area (Å²) in [6, 6.07) is 11.6. The van der Waals surface area contributed by atoms with Crippen LogP contribution in [-0.2, 0) is 4.79 Å². The molecule has 2 aromatic carbocycles. The smallest absolute Gasteiger partial charge is 0.283 e. The number of hydrogen-bond donors (Lipinski definition) is 2. The van der Waals surface area contributed by atoms with E-state index in [1.807, 2.05) is 0 Å². The first-order chi connectivity index (χ1) is 11.6. The van der Waals surface area contributed by atoms with Crippen molar-refractivity contribution in [2.45, 2.75) is 6.10 Å². The second-order valence-electron chi connectivity index (χ2n) is 4.91. The number of para-hydroxylation sites is 2. The molecule has 1 unspecified atom stereocenters. The normalized spacial score (nSPS) is 15.5. The quantitative estimate of drug-likeness (QED) is 0.800. The SMILES string of the molecule is O=C(NNC(=O)C1COc2ccccc2O1)c1cccc(Cl)c1Cl. The molecule has 1 heterocycles. The maximum absolute atomic E-state index is 12.1. The van der Waals surface area contributed by atoms with Gasteiger partial charge in [-0.05, 0) is 24.3 Å². The molecule has 0 bridgehead atoms. The minimum atomic E-state index is -0.880. The summed E-state index contributed by atoms with van der Waals surface area (Å²) in [6.07, 6.45) is -0.880. The predicted octanol–water partition coefficient (Wildman–Crippen LogP) is 2.59. The molecule has 124 valence electrons. The van der Waals surface area contributed by atoms with E-state index < -0.39 is 17.9 Å². The highest BCUT2D eigenvalue weighted by atomic mass is 35.5. The summed E-state index contributed by atoms with van der Waals surface area (Å²) >= 11 is 11.8. The Bertz CT molecular complexity index is 797. The first-order valence-corrected chi connectivity index (χ1v) is 7.74. The third-order valence-corrected chi connectivity index (χ3v) is 4.12. The fourth-order valence-electron chi connectivity index (χ4n) is 2.09. The molecule has 2 N–H and O–H groups in total. The van der Waals surface area contributed by atoms with Crippen molar-refractivity contribution in [2.75, 3.05) is 6.61 Å². The number of carbonyl (C=O) groups is 2. The van der Waals surface area contributed by atoms with E-state index in [9.17, 15) is 9.59 Å². The highest BCUT2D eigenvalue weighted by molar-refractivity contribution is 6.43. The molecule has 6 nitrogen and oxygen atoms in total. The fraction of sp³-hybridized carbons (Fsp3) is 0.125. The minimum absolute atomic E-state index is 0.0383. The number of hydrazine groups is 1. The highest BCUT2D eigenvalue weighted by Crippen LogP contribution is 2.30. The molecule has 0 radical (unpaired) electrons. The van der Waals surface area contributed by atoms with E-state index in [0.29, 0.717) is 11.5 Å². The number of hydrogen-bond acceptors (Lipinski definition) is 4. The topological polar surface area (TPSA) is 76.7 Å². The van der Waals surface area contributed by atoms with E-state index in [0.717, 1.165) is 0 Å². The van der Waals surface area contributed by atoms with Gasteiger partial charge in [-0.2, -0.15) is 0 Å². The molecule has 0 aliphatic carbocycles. The van der Waals surface area contributed by atoms with Crippen LogP contribution in [0.1, 0.15) is 10.4 Å². The second-order valence-corrected chi connectivity index (χ2v) is 5.69. The van der Waals surface area contributed by atoms with Crippen molar-refractivity contribution in [3.8, 4) is 11.5 Å². The average molecular weight is 367 g/mol. The van der Waals surface area contributed by atoms with Gasteiger partial charge in [-0.1, -0.05) is 41.4 Å². The molecule has 1 aliphatic rings. The Labute approximate surface area is 147 Å². The number of fused-ring (bicyclic) bond motifs is 1. The van der Waals surface area contributed by atoms with Crippen LogP contribution in [-0.4, -0.2) is 24.5 Å². The predicted molar refractivity (Wildman–Crippen MR) is 88.4 cm³/mol. The van der Waals surface area contributed by atoms with Crippen molar-refractivity contribution in [1.29, 1.82) is 0 Å². The number of rotatable bonds is 2. The zero-order valence-electron chi connectivity index (χ0n) is 12.2. The molecule has 3 rings (SSSR count). The first-order valence-electron chi connectivity index (χ1n) is 6.99. The van der Waals surface area contributed by atoms with E-state index in [2.05, 4.69) is 10.9 Å². The monoisotopic (exact) mass is 366 g/mol. The molecule has 0 saturated carbocycles. The van der Waals surface area contributed by atoms with Gasteiger partial charge in [-0.25, -0.2) is 0 Å². The van der Waals surface area contributed by atoms with Crippen molar-refractivity contribution in [3.05, 3.63) is 58.1 Å². The lowest BCUT2D eigenvalue weighted by atomic mass is 10.2. The molecule has 0 saturated heterocycles. The Hall–Kier alpha value is -2.44. The molecule has 0 aromatic heterocycles. The van der Waals surface area contributed by atoms with Gasteiger partial charge >= 0.3 is 0 Å². The van der Waals surface area contributed by atoms with Crippen molar-refractivity contribution >= 4 is 35.0 Å². The Morgan fingerprint density at radius 1 is 1.00 bits per heavy atom. The van der Waals surface area contributed by atoms with Gasteiger partial charge in [-0.15, -0.1) is 0 Å². The van der Waals surface area contributed by atoms with Crippen LogP contribution >= 0.6 is 23.2 Å². The maximum Gasteiger partial charge on any atom is 0.283 e. The van der Waals surface area contributed by atoms with E-state index >= 15 is 0 Å². The van der Waals surface area contributed by atoms with E-state index in [1.54, 1.807) is 36.4 Å². The summed E-state index contributed by atoms with van der Waals surface area (Å²) in [4.78, 5) is 24.2. The molecule has 1 atom stereocenters. The van der Waals surface area contributed by atoms with Gasteiger partial charge in [0.25, 0.3) is 11.8 Å². The Balaban J connectivity index is 1.60. The lowest BCUT2D eigenvalue weighted by molar-refractivity contribution is -0.131. The summed E-state index contributed by atoms with van der Waals surface area (Å²) in [6.45, 7) is 0.0383. The largest absolute Gasteiger partial charge is 0.485 e. The third-order valence-electron chi connectivity index (χ3n) is 3.30. The van der Waals surface area contributed by atoms with Gasteiger partial charge < -0.3 is 9.47 Å². The van der Waals surface area contributed by atoms with Gasteiger partial charge in [0, 0.05) is 0 Å². The standard InChI is InChI=1S/C16H12Cl2N2O4/c17-10-5-3-4-9(14(10)18)15(21)19-20-16(22)13-8-23-11-6-1-2-7-12(11)24-13/h1-7,13H,8H2,(H,19,21)(H,20,22). The van der Waals surface area contributed by atoms with Crippen molar-refractivity contribution in [3.63, 3.8) is 0 Å². The van der Waals surface area contributed by atoms with Crippen LogP contribution in [0.4, 0.5) is 0 Å². The molecule has 2 aromatic rings. The summed E-state index contributed by atoms with van der Waals surface area (Å²) < 4.78 is 11.0. The minimum Gasteiger partial charge on any atom is -0.485 e. The number of nitrogens with one attached hydrogen (secondary N) is 2. The number of ether oxygens (including phenoxy) is 2. The summed E-state index contributed by atoms with van der Waals surface area (Å²) in [5, 5.41) is 0.355. The van der Waals surface area contributed by atoms with Crippen LogP contribution in [0.2, 0.25) is 10.0 Å². The molecule has 8 heteroatoms. The van der Waals surface area contributed by atoms with Gasteiger partial charge in [-0.3, -0.25) is 20.4 Å². The lowest BCUT2D eigenvalue weighted by Gasteiger charge is -2.25. The van der Waals surface area contributed by atoms with Gasteiger partial charge in [0.05, 0.1) is 15.6 Å². The van der Waals surface area contributed by atoms with Crippen LogP contribution in [0.15, 0.2) is 42.5 Å². The van der Waals surface area contributed by atoms with Crippen LogP contribution in [0.3, 0.4) is 0 Å². The molecule has 0 spiro atoms. The number of amides is 2. The number of benzene rings is 2. The molecular weight excluding hydrogens is 355 g/mol.